The van der Waals surface area contributed by atoms with E-state index in [0.29, 0.717) is 29.8 Å². The van der Waals surface area contributed by atoms with Crippen LogP contribution in [-0.2, 0) is 21.5 Å². The number of ether oxygens (including phenoxy) is 1. The number of carbonyl (C=O) groups excluding carboxylic acids is 2. The number of rotatable bonds is 5. The number of aromatic nitrogens is 1. The molecule has 7 heteroatoms. The Morgan fingerprint density at radius 2 is 1.77 bits per heavy atom. The van der Waals surface area contributed by atoms with Crippen molar-refractivity contribution < 1.29 is 14.3 Å². The van der Waals surface area contributed by atoms with E-state index in [1.807, 2.05) is 50.2 Å². The molecule has 0 bridgehead atoms. The van der Waals surface area contributed by atoms with Gasteiger partial charge in [0, 0.05) is 66.3 Å². The van der Waals surface area contributed by atoms with Crippen LogP contribution in [0.2, 0.25) is 0 Å². The zero-order valence-electron chi connectivity index (χ0n) is 23.9. The first-order chi connectivity index (χ1) is 18.5. The molecule has 0 radical (unpaired) electrons. The van der Waals surface area contributed by atoms with Gasteiger partial charge in [0.1, 0.15) is 0 Å². The number of nitrogens with one attached hydrogen (secondary N) is 2. The molecule has 7 nitrogen and oxygen atoms in total. The number of carbonyl (C=O) groups is 2. The van der Waals surface area contributed by atoms with E-state index in [4.69, 9.17) is 4.74 Å². The van der Waals surface area contributed by atoms with Gasteiger partial charge in [-0.3, -0.25) is 9.69 Å². The van der Waals surface area contributed by atoms with Crippen LogP contribution < -0.4 is 5.32 Å². The maximum atomic E-state index is 14.0. The molecule has 1 amide bonds. The summed E-state index contributed by atoms with van der Waals surface area (Å²) in [5, 5.41) is 4.63. The van der Waals surface area contributed by atoms with Crippen LogP contribution in [0.15, 0.2) is 54.7 Å². The fourth-order valence-electron chi connectivity index (χ4n) is 6.18. The third-order valence-corrected chi connectivity index (χ3v) is 7.54. The molecule has 1 saturated heterocycles. The normalized spacial score (nSPS) is 21.4. The van der Waals surface area contributed by atoms with E-state index in [1.54, 1.807) is 11.1 Å². The summed E-state index contributed by atoms with van der Waals surface area (Å²) in [4.78, 5) is 35.0. The highest BCUT2D eigenvalue weighted by molar-refractivity contribution is 6.18. The van der Waals surface area contributed by atoms with Crippen molar-refractivity contribution in [2.24, 2.45) is 0 Å². The van der Waals surface area contributed by atoms with E-state index in [0.717, 1.165) is 47.4 Å². The standard InChI is InChI=1S/C32H40N4O3/c1-20(2)39-31(38)26-18-36(19-32(5,6)28-25-12-7-8-13-27(25)34-29(26)28)30(37)24-11-9-10-23(14-24)17-35-15-21(3)33-22(4)16-35/h7-14,18,20-22,33-34H,15-17,19H2,1-6H3. The molecular weight excluding hydrogens is 488 g/mol. The van der Waals surface area contributed by atoms with Crippen LogP contribution in [0.5, 0.6) is 0 Å². The quantitative estimate of drug-likeness (QED) is 0.452. The first-order valence-corrected chi connectivity index (χ1v) is 13.9. The molecule has 2 atom stereocenters. The summed E-state index contributed by atoms with van der Waals surface area (Å²) in [6.45, 7) is 15.5. The maximum Gasteiger partial charge on any atom is 0.342 e. The molecule has 39 heavy (non-hydrogen) atoms. The Morgan fingerprint density at radius 3 is 2.49 bits per heavy atom. The first-order valence-electron chi connectivity index (χ1n) is 13.9. The molecular formula is C32H40N4O3. The summed E-state index contributed by atoms with van der Waals surface area (Å²) >= 11 is 0. The van der Waals surface area contributed by atoms with Gasteiger partial charge in [0.05, 0.1) is 17.4 Å². The zero-order valence-corrected chi connectivity index (χ0v) is 23.9. The van der Waals surface area contributed by atoms with Gasteiger partial charge in [0.25, 0.3) is 5.91 Å². The Kier molecular flexibility index (Phi) is 7.40. The minimum absolute atomic E-state index is 0.128. The number of para-hydroxylation sites is 1. The fraction of sp³-hybridized carbons (Fsp3) is 0.438. The topological polar surface area (TPSA) is 77.7 Å². The van der Waals surface area contributed by atoms with Crippen LogP contribution in [0.3, 0.4) is 0 Å². The van der Waals surface area contributed by atoms with Gasteiger partial charge in [-0.05, 0) is 57.0 Å². The molecule has 206 valence electrons. The first kappa shape index (κ1) is 27.2. The number of piperazine rings is 1. The van der Waals surface area contributed by atoms with Gasteiger partial charge in [0.15, 0.2) is 0 Å². The Morgan fingerprint density at radius 1 is 1.05 bits per heavy atom. The van der Waals surface area contributed by atoms with Crippen LogP contribution in [0.25, 0.3) is 16.5 Å². The number of esters is 1. The lowest BCUT2D eigenvalue weighted by Gasteiger charge is -2.36. The predicted molar refractivity (Wildman–Crippen MR) is 155 cm³/mol. The third-order valence-electron chi connectivity index (χ3n) is 7.54. The summed E-state index contributed by atoms with van der Waals surface area (Å²) in [7, 11) is 0. The molecule has 2 unspecified atom stereocenters. The number of nitrogens with zero attached hydrogens (tertiary/aromatic N) is 2. The lowest BCUT2D eigenvalue weighted by atomic mass is 9.81. The van der Waals surface area contributed by atoms with Crippen LogP contribution >= 0.6 is 0 Å². The zero-order chi connectivity index (χ0) is 27.9. The second kappa shape index (κ2) is 10.6. The van der Waals surface area contributed by atoms with Crippen molar-refractivity contribution in [2.45, 2.75) is 71.7 Å². The van der Waals surface area contributed by atoms with Gasteiger partial charge in [-0.25, -0.2) is 4.79 Å². The molecule has 0 saturated carbocycles. The summed E-state index contributed by atoms with van der Waals surface area (Å²) in [6, 6.07) is 16.8. The molecule has 2 aliphatic rings. The number of hydrogen-bond donors (Lipinski definition) is 2. The molecule has 0 spiro atoms. The monoisotopic (exact) mass is 528 g/mol. The minimum Gasteiger partial charge on any atom is -0.459 e. The highest BCUT2D eigenvalue weighted by Gasteiger charge is 2.37. The second-order valence-corrected chi connectivity index (χ2v) is 12.1. The molecule has 2 N–H and O–H groups in total. The van der Waals surface area contributed by atoms with E-state index in [2.05, 4.69) is 55.0 Å². The average Bonchev–Trinajstić information content (AvgIpc) is 3.20. The Labute approximate surface area is 231 Å². The molecule has 5 rings (SSSR count). The number of H-pyrrole nitrogens is 1. The molecule has 1 fully saturated rings. The smallest absolute Gasteiger partial charge is 0.342 e. The summed E-state index contributed by atoms with van der Waals surface area (Å²) < 4.78 is 5.65. The molecule has 0 aliphatic carbocycles. The lowest BCUT2D eigenvalue weighted by Crippen LogP contribution is -2.53. The van der Waals surface area contributed by atoms with Gasteiger partial charge in [-0.1, -0.05) is 44.2 Å². The minimum atomic E-state index is -0.441. The van der Waals surface area contributed by atoms with E-state index >= 15 is 0 Å². The molecule has 3 aromatic rings. The molecule has 2 aromatic carbocycles. The SMILES string of the molecule is CC1CN(Cc2cccc(C(=O)N3C=C(C(=O)OC(C)C)c4[nH]c5ccccc5c4C(C)(C)C3)c2)CC(C)N1. The van der Waals surface area contributed by atoms with Crippen molar-refractivity contribution in [3.63, 3.8) is 0 Å². The Hall–Kier alpha value is -3.42. The van der Waals surface area contributed by atoms with Crippen LogP contribution in [0, 0.1) is 0 Å². The number of benzene rings is 2. The number of fused-ring (bicyclic) bond motifs is 3. The van der Waals surface area contributed by atoms with Gasteiger partial charge in [0.2, 0.25) is 0 Å². The highest BCUT2D eigenvalue weighted by atomic mass is 16.5. The molecule has 3 heterocycles. The van der Waals surface area contributed by atoms with Crippen molar-refractivity contribution >= 4 is 28.4 Å². The Balaban J connectivity index is 1.50. The third kappa shape index (κ3) is 5.65. The van der Waals surface area contributed by atoms with E-state index in [9.17, 15) is 9.59 Å². The summed E-state index contributed by atoms with van der Waals surface area (Å²) in [6.07, 6.45) is 1.40. The van der Waals surface area contributed by atoms with E-state index < -0.39 is 11.4 Å². The number of hydrogen-bond acceptors (Lipinski definition) is 5. The van der Waals surface area contributed by atoms with Crippen molar-refractivity contribution in [1.82, 2.24) is 20.1 Å². The Bertz CT molecular complexity index is 1410. The highest BCUT2D eigenvalue weighted by Crippen LogP contribution is 2.40. The lowest BCUT2D eigenvalue weighted by molar-refractivity contribution is -0.140. The summed E-state index contributed by atoms with van der Waals surface area (Å²) in [5.41, 5.74) is 4.37. The second-order valence-electron chi connectivity index (χ2n) is 12.1. The average molecular weight is 529 g/mol. The largest absolute Gasteiger partial charge is 0.459 e. The van der Waals surface area contributed by atoms with Crippen molar-refractivity contribution in [1.29, 1.82) is 0 Å². The van der Waals surface area contributed by atoms with Gasteiger partial charge in [-0.2, -0.15) is 0 Å². The maximum absolute atomic E-state index is 14.0. The molecule has 1 aromatic heterocycles. The molecule has 2 aliphatic heterocycles. The van der Waals surface area contributed by atoms with Crippen molar-refractivity contribution in [2.75, 3.05) is 19.6 Å². The number of aromatic amines is 1. The van der Waals surface area contributed by atoms with Crippen LogP contribution in [-0.4, -0.2) is 64.5 Å². The van der Waals surface area contributed by atoms with Crippen LogP contribution in [0.1, 0.15) is 68.7 Å². The van der Waals surface area contributed by atoms with Crippen molar-refractivity contribution in [3.05, 3.63) is 77.1 Å². The van der Waals surface area contributed by atoms with Crippen molar-refractivity contribution in [3.8, 4) is 0 Å². The number of amides is 1. The van der Waals surface area contributed by atoms with E-state index in [1.165, 1.54) is 0 Å². The van der Waals surface area contributed by atoms with Gasteiger partial charge < -0.3 is 19.9 Å². The van der Waals surface area contributed by atoms with Crippen LogP contribution in [0.4, 0.5) is 0 Å². The summed E-state index contributed by atoms with van der Waals surface area (Å²) in [5.74, 6) is -0.569. The van der Waals surface area contributed by atoms with Gasteiger partial charge in [-0.15, -0.1) is 0 Å². The van der Waals surface area contributed by atoms with E-state index in [-0.39, 0.29) is 12.0 Å². The fourth-order valence-corrected chi connectivity index (χ4v) is 6.18. The van der Waals surface area contributed by atoms with Gasteiger partial charge >= 0.3 is 5.97 Å². The predicted octanol–water partition coefficient (Wildman–Crippen LogP) is 5.08.